The smallest absolute Gasteiger partial charge is 0.255 e. The van der Waals surface area contributed by atoms with Gasteiger partial charge in [-0.1, -0.05) is 6.07 Å². The third kappa shape index (κ3) is 2.81. The van der Waals surface area contributed by atoms with Gasteiger partial charge in [0.05, 0.1) is 17.1 Å². The standard InChI is InChI=1S/C16H16FN3O/c1-10-2-4-12(17)14(8-10)20-16(21)11-3-5-13-15(9-11)19-7-6-18-13/h2-5,8-9,18-19H,6-7H2,1H3,(H,20,21). The Bertz CT molecular complexity index is 700. The summed E-state index contributed by atoms with van der Waals surface area (Å²) in [5.41, 5.74) is 3.44. The van der Waals surface area contributed by atoms with Crippen molar-refractivity contribution in [3.8, 4) is 0 Å². The Morgan fingerprint density at radius 3 is 2.67 bits per heavy atom. The lowest BCUT2D eigenvalue weighted by Gasteiger charge is -2.20. The van der Waals surface area contributed by atoms with Crippen LogP contribution >= 0.6 is 0 Å². The highest BCUT2D eigenvalue weighted by atomic mass is 19.1. The molecule has 1 aliphatic rings. The summed E-state index contributed by atoms with van der Waals surface area (Å²) in [6.45, 7) is 3.52. The number of halogens is 1. The van der Waals surface area contributed by atoms with Crippen LogP contribution in [0.3, 0.4) is 0 Å². The fourth-order valence-corrected chi connectivity index (χ4v) is 2.31. The van der Waals surface area contributed by atoms with Crippen molar-refractivity contribution in [1.82, 2.24) is 0 Å². The molecule has 0 atom stereocenters. The van der Waals surface area contributed by atoms with Crippen LogP contribution in [0, 0.1) is 12.7 Å². The maximum absolute atomic E-state index is 13.7. The first-order chi connectivity index (χ1) is 10.1. The summed E-state index contributed by atoms with van der Waals surface area (Å²) in [5.74, 6) is -0.763. The molecule has 1 heterocycles. The monoisotopic (exact) mass is 285 g/mol. The number of benzene rings is 2. The lowest BCUT2D eigenvalue weighted by Crippen LogP contribution is -2.21. The van der Waals surface area contributed by atoms with E-state index in [1.807, 2.05) is 13.0 Å². The minimum Gasteiger partial charge on any atom is -0.382 e. The molecule has 0 saturated heterocycles. The van der Waals surface area contributed by atoms with Crippen LogP contribution in [-0.2, 0) is 0 Å². The normalized spacial score (nSPS) is 12.9. The molecule has 0 bridgehead atoms. The predicted octanol–water partition coefficient (Wildman–Crippen LogP) is 3.22. The van der Waals surface area contributed by atoms with E-state index in [1.165, 1.54) is 6.07 Å². The predicted molar refractivity (Wildman–Crippen MR) is 82.5 cm³/mol. The van der Waals surface area contributed by atoms with E-state index in [4.69, 9.17) is 0 Å². The van der Waals surface area contributed by atoms with Crippen LogP contribution in [0.5, 0.6) is 0 Å². The zero-order valence-electron chi connectivity index (χ0n) is 11.7. The molecule has 0 spiro atoms. The van der Waals surface area contributed by atoms with Crippen molar-refractivity contribution in [2.24, 2.45) is 0 Å². The first-order valence-electron chi connectivity index (χ1n) is 6.83. The van der Waals surface area contributed by atoms with Gasteiger partial charge in [0.2, 0.25) is 0 Å². The van der Waals surface area contributed by atoms with E-state index >= 15 is 0 Å². The number of rotatable bonds is 2. The third-order valence-electron chi connectivity index (χ3n) is 3.41. The van der Waals surface area contributed by atoms with Gasteiger partial charge in [-0.2, -0.15) is 0 Å². The zero-order valence-corrected chi connectivity index (χ0v) is 11.7. The molecule has 3 N–H and O–H groups in total. The summed E-state index contributed by atoms with van der Waals surface area (Å²) in [4.78, 5) is 12.2. The number of anilines is 3. The molecule has 1 aliphatic heterocycles. The molecule has 3 rings (SSSR count). The molecule has 0 radical (unpaired) electrons. The first kappa shape index (κ1) is 13.4. The summed E-state index contributed by atoms with van der Waals surface area (Å²) in [7, 11) is 0. The van der Waals surface area contributed by atoms with Crippen LogP contribution < -0.4 is 16.0 Å². The van der Waals surface area contributed by atoms with E-state index in [9.17, 15) is 9.18 Å². The highest BCUT2D eigenvalue weighted by Crippen LogP contribution is 2.26. The van der Waals surface area contributed by atoms with Crippen molar-refractivity contribution in [2.45, 2.75) is 6.92 Å². The summed E-state index contributed by atoms with van der Waals surface area (Å²) in [5, 5.41) is 9.08. The number of fused-ring (bicyclic) bond motifs is 1. The lowest BCUT2D eigenvalue weighted by molar-refractivity contribution is 0.102. The molecule has 0 aromatic heterocycles. The van der Waals surface area contributed by atoms with Crippen LogP contribution in [0.4, 0.5) is 21.5 Å². The fourth-order valence-electron chi connectivity index (χ4n) is 2.31. The van der Waals surface area contributed by atoms with Gasteiger partial charge < -0.3 is 16.0 Å². The van der Waals surface area contributed by atoms with E-state index in [1.54, 1.807) is 24.3 Å². The SMILES string of the molecule is Cc1ccc(F)c(NC(=O)c2ccc3c(c2)NCCN3)c1. The Labute approximate surface area is 122 Å². The third-order valence-corrected chi connectivity index (χ3v) is 3.41. The quantitative estimate of drug-likeness (QED) is 0.794. The van der Waals surface area contributed by atoms with Crippen LogP contribution in [0.1, 0.15) is 15.9 Å². The van der Waals surface area contributed by atoms with Crippen LogP contribution in [0.25, 0.3) is 0 Å². The van der Waals surface area contributed by atoms with E-state index < -0.39 is 5.82 Å². The molecule has 2 aromatic rings. The molecule has 0 saturated carbocycles. The molecule has 4 nitrogen and oxygen atoms in total. The second-order valence-corrected chi connectivity index (χ2v) is 5.05. The molecule has 1 amide bonds. The second-order valence-electron chi connectivity index (χ2n) is 5.05. The van der Waals surface area contributed by atoms with Crippen molar-refractivity contribution in [1.29, 1.82) is 0 Å². The molecular formula is C16H16FN3O. The van der Waals surface area contributed by atoms with Crippen molar-refractivity contribution >= 4 is 23.0 Å². The molecule has 21 heavy (non-hydrogen) atoms. The van der Waals surface area contributed by atoms with Gasteiger partial charge in [-0.25, -0.2) is 4.39 Å². The largest absolute Gasteiger partial charge is 0.382 e. The molecule has 5 heteroatoms. The van der Waals surface area contributed by atoms with Gasteiger partial charge in [0, 0.05) is 18.7 Å². The molecule has 0 unspecified atom stereocenters. The Morgan fingerprint density at radius 1 is 1.10 bits per heavy atom. The molecule has 2 aromatic carbocycles. The Kier molecular flexibility index (Phi) is 3.48. The van der Waals surface area contributed by atoms with Gasteiger partial charge in [0.1, 0.15) is 5.82 Å². The minimum atomic E-state index is -0.438. The van der Waals surface area contributed by atoms with E-state index in [0.717, 1.165) is 30.0 Å². The molecule has 0 fully saturated rings. The average Bonchev–Trinajstić information content (AvgIpc) is 2.50. The number of carbonyl (C=O) groups excluding carboxylic acids is 1. The average molecular weight is 285 g/mol. The van der Waals surface area contributed by atoms with Crippen LogP contribution in [0.15, 0.2) is 36.4 Å². The molecule has 108 valence electrons. The first-order valence-corrected chi connectivity index (χ1v) is 6.83. The maximum Gasteiger partial charge on any atom is 0.255 e. The zero-order chi connectivity index (χ0) is 14.8. The van der Waals surface area contributed by atoms with Gasteiger partial charge in [0.15, 0.2) is 0 Å². The molecule has 0 aliphatic carbocycles. The number of carbonyl (C=O) groups is 1. The summed E-state index contributed by atoms with van der Waals surface area (Å²) in [6, 6.07) is 9.98. The van der Waals surface area contributed by atoms with Crippen molar-refractivity contribution in [3.63, 3.8) is 0 Å². The Hall–Kier alpha value is -2.56. The van der Waals surface area contributed by atoms with Crippen molar-refractivity contribution < 1.29 is 9.18 Å². The van der Waals surface area contributed by atoms with Crippen molar-refractivity contribution in [3.05, 3.63) is 53.3 Å². The maximum atomic E-state index is 13.7. The van der Waals surface area contributed by atoms with Gasteiger partial charge in [0.25, 0.3) is 5.91 Å². The number of aryl methyl sites for hydroxylation is 1. The number of hydrogen-bond donors (Lipinski definition) is 3. The number of amides is 1. The summed E-state index contributed by atoms with van der Waals surface area (Å²) >= 11 is 0. The van der Waals surface area contributed by atoms with E-state index in [-0.39, 0.29) is 11.6 Å². The van der Waals surface area contributed by atoms with Gasteiger partial charge in [-0.15, -0.1) is 0 Å². The highest BCUT2D eigenvalue weighted by Gasteiger charge is 2.13. The number of nitrogens with one attached hydrogen (secondary N) is 3. The van der Waals surface area contributed by atoms with E-state index in [0.29, 0.717) is 5.56 Å². The van der Waals surface area contributed by atoms with Gasteiger partial charge in [-0.3, -0.25) is 4.79 Å². The Morgan fingerprint density at radius 2 is 1.86 bits per heavy atom. The van der Waals surface area contributed by atoms with Gasteiger partial charge >= 0.3 is 0 Å². The van der Waals surface area contributed by atoms with Crippen LogP contribution in [-0.4, -0.2) is 19.0 Å². The number of hydrogen-bond acceptors (Lipinski definition) is 3. The summed E-state index contributed by atoms with van der Waals surface area (Å²) in [6.07, 6.45) is 0. The highest BCUT2D eigenvalue weighted by molar-refractivity contribution is 6.05. The van der Waals surface area contributed by atoms with E-state index in [2.05, 4.69) is 16.0 Å². The Balaban J connectivity index is 1.83. The van der Waals surface area contributed by atoms with Gasteiger partial charge in [-0.05, 0) is 42.8 Å². The second kappa shape index (κ2) is 5.44. The lowest BCUT2D eigenvalue weighted by atomic mass is 10.1. The van der Waals surface area contributed by atoms with Crippen molar-refractivity contribution in [2.75, 3.05) is 29.0 Å². The fraction of sp³-hybridized carbons (Fsp3) is 0.188. The summed E-state index contributed by atoms with van der Waals surface area (Å²) < 4.78 is 13.7. The molecular weight excluding hydrogens is 269 g/mol. The van der Waals surface area contributed by atoms with Crippen LogP contribution in [0.2, 0.25) is 0 Å². The topological polar surface area (TPSA) is 53.2 Å². The minimum absolute atomic E-state index is 0.198.